The molecular weight excluding hydrogens is 270 g/mol. The van der Waals surface area contributed by atoms with Crippen molar-refractivity contribution in [2.24, 2.45) is 0 Å². The molecule has 2 rings (SSSR count). The molecule has 1 aromatic heterocycles. The minimum absolute atomic E-state index is 0.0000633. The number of alkyl halides is 2. The summed E-state index contributed by atoms with van der Waals surface area (Å²) in [5.74, 6) is -4.26. The van der Waals surface area contributed by atoms with Crippen molar-refractivity contribution in [2.45, 2.75) is 5.92 Å². The predicted octanol–water partition coefficient (Wildman–Crippen LogP) is 1.97. The second-order valence-electron chi connectivity index (χ2n) is 4.24. The van der Waals surface area contributed by atoms with Gasteiger partial charge in [-0.1, -0.05) is 24.3 Å². The Bertz CT molecular complexity index is 647. The van der Waals surface area contributed by atoms with Gasteiger partial charge in [-0.3, -0.25) is 0 Å². The van der Waals surface area contributed by atoms with Gasteiger partial charge < -0.3 is 15.5 Å². The fraction of sp³-hybridized carbons (Fsp3) is 0.231. The number of anilines is 1. The quantitative estimate of drug-likeness (QED) is 0.781. The molecule has 1 aromatic carbocycles. The van der Waals surface area contributed by atoms with E-state index in [-0.39, 0.29) is 11.4 Å². The molecule has 106 valence electrons. The molecule has 0 aliphatic carbocycles. The number of carboxylic acids is 1. The van der Waals surface area contributed by atoms with Gasteiger partial charge >= 0.3 is 5.97 Å². The Kier molecular flexibility index (Phi) is 3.80. The highest BCUT2D eigenvalue weighted by atomic mass is 19.3. The van der Waals surface area contributed by atoms with Gasteiger partial charge in [0.05, 0.1) is 12.1 Å². The number of aliphatic hydroxyl groups is 1. The summed E-state index contributed by atoms with van der Waals surface area (Å²) in [5.41, 5.74) is 0.0000633. The molecule has 7 heteroatoms. The molecule has 0 saturated carbocycles. The number of carbonyl (C=O) groups is 1. The van der Waals surface area contributed by atoms with Crippen LogP contribution in [0.15, 0.2) is 30.5 Å². The van der Waals surface area contributed by atoms with Crippen LogP contribution in [-0.4, -0.2) is 40.2 Å². The van der Waals surface area contributed by atoms with Crippen molar-refractivity contribution < 1.29 is 23.8 Å². The average Bonchev–Trinajstić information content (AvgIpc) is 2.44. The van der Waals surface area contributed by atoms with E-state index in [1.807, 2.05) is 0 Å². The monoisotopic (exact) mass is 282 g/mol. The Labute approximate surface area is 112 Å². The first-order chi connectivity index (χ1) is 9.44. The number of hydrogen-bond donors (Lipinski definition) is 3. The Morgan fingerprint density at radius 1 is 1.30 bits per heavy atom. The lowest BCUT2D eigenvalue weighted by Gasteiger charge is -2.16. The molecule has 0 spiro atoms. The van der Waals surface area contributed by atoms with Crippen LogP contribution in [-0.2, 0) is 0 Å². The number of nitrogens with zero attached hydrogens (tertiary/aromatic N) is 1. The third-order valence-electron chi connectivity index (χ3n) is 2.77. The van der Waals surface area contributed by atoms with E-state index >= 15 is 0 Å². The summed E-state index contributed by atoms with van der Waals surface area (Å²) in [6, 6.07) is 6.48. The largest absolute Gasteiger partial charge is 0.478 e. The summed E-state index contributed by atoms with van der Waals surface area (Å²) in [7, 11) is 0. The number of benzene rings is 1. The Balaban J connectivity index is 2.41. The van der Waals surface area contributed by atoms with E-state index in [0.29, 0.717) is 10.8 Å². The number of hydrogen-bond acceptors (Lipinski definition) is 4. The zero-order valence-electron chi connectivity index (χ0n) is 10.3. The van der Waals surface area contributed by atoms with Crippen LogP contribution in [0.1, 0.15) is 10.4 Å². The second-order valence-corrected chi connectivity index (χ2v) is 4.24. The molecule has 0 saturated heterocycles. The molecule has 20 heavy (non-hydrogen) atoms. The van der Waals surface area contributed by atoms with Crippen molar-refractivity contribution in [1.29, 1.82) is 0 Å². The molecule has 3 N–H and O–H groups in total. The molecule has 0 fully saturated rings. The van der Waals surface area contributed by atoms with E-state index in [0.717, 1.165) is 6.20 Å². The average molecular weight is 282 g/mol. The number of halogens is 2. The molecule has 1 heterocycles. The number of aromatic carboxylic acids is 1. The Hall–Kier alpha value is -2.28. The normalized spacial score (nSPS) is 11.6. The molecule has 0 atom stereocenters. The van der Waals surface area contributed by atoms with Gasteiger partial charge in [-0.25, -0.2) is 18.6 Å². The number of aliphatic hydroxyl groups excluding tert-OH is 1. The van der Waals surface area contributed by atoms with Crippen LogP contribution in [0, 0.1) is 0 Å². The molecule has 0 radical (unpaired) electrons. The molecule has 0 aliphatic heterocycles. The molecule has 0 bridgehead atoms. The third-order valence-corrected chi connectivity index (χ3v) is 2.77. The van der Waals surface area contributed by atoms with Gasteiger partial charge in [-0.2, -0.15) is 0 Å². The van der Waals surface area contributed by atoms with E-state index in [1.54, 1.807) is 24.3 Å². The maximum atomic E-state index is 13.0. The lowest BCUT2D eigenvalue weighted by Crippen LogP contribution is -2.31. The summed E-state index contributed by atoms with van der Waals surface area (Å²) >= 11 is 0. The highest BCUT2D eigenvalue weighted by Gasteiger charge is 2.27. The van der Waals surface area contributed by atoms with Crippen LogP contribution in [0.2, 0.25) is 0 Å². The standard InChI is InChI=1S/C13H12F2N2O3/c14-13(15,7-18)6-17-11-9-4-2-1-3-8(9)10(5-16-11)12(19)20/h1-5,18H,6-7H2,(H,16,17)(H,19,20). The fourth-order valence-corrected chi connectivity index (χ4v) is 1.77. The number of rotatable bonds is 5. The minimum atomic E-state index is -3.27. The van der Waals surface area contributed by atoms with Gasteiger partial charge in [0.15, 0.2) is 0 Å². The number of nitrogens with one attached hydrogen (secondary N) is 1. The Morgan fingerprint density at radius 3 is 2.55 bits per heavy atom. The van der Waals surface area contributed by atoms with Gasteiger partial charge in [0.1, 0.15) is 12.4 Å². The second kappa shape index (κ2) is 5.38. The summed E-state index contributed by atoms with van der Waals surface area (Å²) in [6.45, 7) is -2.06. The number of fused-ring (bicyclic) bond motifs is 1. The molecule has 5 nitrogen and oxygen atoms in total. The summed E-state index contributed by atoms with van der Waals surface area (Å²) in [6.07, 6.45) is 1.12. The first-order valence-corrected chi connectivity index (χ1v) is 5.78. The SMILES string of the molecule is O=C(O)c1cnc(NCC(F)(F)CO)c2ccccc12. The van der Waals surface area contributed by atoms with E-state index in [2.05, 4.69) is 10.3 Å². The van der Waals surface area contributed by atoms with Crippen LogP contribution in [0.5, 0.6) is 0 Å². The van der Waals surface area contributed by atoms with Crippen molar-refractivity contribution >= 4 is 22.6 Å². The van der Waals surface area contributed by atoms with Crippen molar-refractivity contribution in [3.63, 3.8) is 0 Å². The first kappa shape index (κ1) is 14.1. The van der Waals surface area contributed by atoms with Crippen molar-refractivity contribution in [1.82, 2.24) is 4.98 Å². The van der Waals surface area contributed by atoms with E-state index in [1.165, 1.54) is 0 Å². The lowest BCUT2D eigenvalue weighted by molar-refractivity contribution is -0.0373. The Morgan fingerprint density at radius 2 is 1.95 bits per heavy atom. The number of aromatic nitrogens is 1. The highest BCUT2D eigenvalue weighted by Crippen LogP contribution is 2.25. The van der Waals surface area contributed by atoms with Crippen molar-refractivity contribution in [3.8, 4) is 0 Å². The van der Waals surface area contributed by atoms with Crippen LogP contribution in [0.25, 0.3) is 10.8 Å². The van der Waals surface area contributed by atoms with Gasteiger partial charge in [0, 0.05) is 17.0 Å². The van der Waals surface area contributed by atoms with Crippen molar-refractivity contribution in [2.75, 3.05) is 18.5 Å². The fourth-order valence-electron chi connectivity index (χ4n) is 1.77. The third kappa shape index (κ3) is 2.83. The first-order valence-electron chi connectivity index (χ1n) is 5.78. The van der Waals surface area contributed by atoms with E-state index in [9.17, 15) is 13.6 Å². The number of carboxylic acid groups (broad SMARTS) is 1. The van der Waals surface area contributed by atoms with Crippen LogP contribution >= 0.6 is 0 Å². The zero-order valence-corrected chi connectivity index (χ0v) is 10.3. The van der Waals surface area contributed by atoms with Crippen LogP contribution < -0.4 is 5.32 Å². The smallest absolute Gasteiger partial charge is 0.337 e. The van der Waals surface area contributed by atoms with Gasteiger partial charge in [0.2, 0.25) is 0 Å². The summed E-state index contributed by atoms with van der Waals surface area (Å²) in [4.78, 5) is 14.9. The molecule has 0 aliphatic rings. The lowest BCUT2D eigenvalue weighted by atomic mass is 10.1. The van der Waals surface area contributed by atoms with Gasteiger partial charge in [-0.05, 0) is 0 Å². The topological polar surface area (TPSA) is 82.5 Å². The maximum absolute atomic E-state index is 13.0. The number of pyridine rings is 1. The molecule has 0 amide bonds. The summed E-state index contributed by atoms with van der Waals surface area (Å²) in [5, 5.41) is 20.8. The maximum Gasteiger partial charge on any atom is 0.337 e. The summed E-state index contributed by atoms with van der Waals surface area (Å²) < 4.78 is 26.0. The van der Waals surface area contributed by atoms with Crippen LogP contribution in [0.4, 0.5) is 14.6 Å². The molecule has 0 unspecified atom stereocenters. The van der Waals surface area contributed by atoms with Gasteiger partial charge in [0.25, 0.3) is 5.92 Å². The highest BCUT2D eigenvalue weighted by molar-refractivity contribution is 6.06. The van der Waals surface area contributed by atoms with Crippen LogP contribution in [0.3, 0.4) is 0 Å². The van der Waals surface area contributed by atoms with E-state index < -0.39 is 25.0 Å². The van der Waals surface area contributed by atoms with Gasteiger partial charge in [-0.15, -0.1) is 0 Å². The zero-order chi connectivity index (χ0) is 14.8. The molecule has 2 aromatic rings. The van der Waals surface area contributed by atoms with E-state index in [4.69, 9.17) is 10.2 Å². The van der Waals surface area contributed by atoms with Crippen molar-refractivity contribution in [3.05, 3.63) is 36.0 Å². The minimum Gasteiger partial charge on any atom is -0.478 e. The predicted molar refractivity (Wildman–Crippen MR) is 69.2 cm³/mol. The molecular formula is C13H12F2N2O3.